The minimum Gasteiger partial charge on any atom is -0.319 e. The molecule has 0 radical (unpaired) electrons. The number of anilines is 2. The van der Waals surface area contributed by atoms with Crippen LogP contribution >= 0.6 is 0 Å². The summed E-state index contributed by atoms with van der Waals surface area (Å²) in [5.74, 6) is -0.914. The van der Waals surface area contributed by atoms with E-state index in [4.69, 9.17) is 0 Å². The van der Waals surface area contributed by atoms with Crippen LogP contribution in [0.5, 0.6) is 0 Å². The van der Waals surface area contributed by atoms with Crippen molar-refractivity contribution in [2.45, 2.75) is 26.4 Å². The second-order valence-electron chi connectivity index (χ2n) is 10.1. The molecule has 2 heterocycles. The van der Waals surface area contributed by atoms with Gasteiger partial charge >= 0.3 is 0 Å². The number of nitrogens with one attached hydrogen (secondary N) is 2. The van der Waals surface area contributed by atoms with Crippen molar-refractivity contribution in [3.8, 4) is 5.69 Å². The first kappa shape index (κ1) is 28.4. The maximum absolute atomic E-state index is 13.9. The highest BCUT2D eigenvalue weighted by molar-refractivity contribution is 6.04. The predicted molar refractivity (Wildman–Crippen MR) is 162 cm³/mol. The second-order valence-corrected chi connectivity index (χ2v) is 10.1. The molecule has 9 nitrogen and oxygen atoms in total. The number of halogens is 1. The largest absolute Gasteiger partial charge is 0.319 e. The molecule has 2 N–H and O–H groups in total. The maximum atomic E-state index is 13.9. The summed E-state index contributed by atoms with van der Waals surface area (Å²) in [5.41, 5.74) is 3.28. The van der Waals surface area contributed by atoms with Crippen LogP contribution in [-0.2, 0) is 11.3 Å². The van der Waals surface area contributed by atoms with Crippen molar-refractivity contribution in [1.29, 1.82) is 0 Å². The van der Waals surface area contributed by atoms with E-state index in [0.29, 0.717) is 5.56 Å². The zero-order chi connectivity index (χ0) is 30.0. The van der Waals surface area contributed by atoms with E-state index in [1.54, 1.807) is 51.4 Å². The monoisotopic (exact) mass is 566 g/mol. The summed E-state index contributed by atoms with van der Waals surface area (Å²) in [6, 6.07) is 20.4. The fraction of sp³-hybridized carbons (Fsp3) is 0.188. The molecule has 10 heteroatoms. The SMILES string of the molecule is CN[C@@H](C)C(=O)Nc1cnc(N(C)C(=O)c2ccccc2)n(Cc2cccc(-n3cc(C)c4cc(F)ccc43)c2)c1=O. The smallest absolute Gasteiger partial charge is 0.279 e. The topological polar surface area (TPSA) is 101 Å². The lowest BCUT2D eigenvalue weighted by atomic mass is 10.1. The van der Waals surface area contributed by atoms with E-state index in [1.807, 2.05) is 48.0 Å². The molecular weight excluding hydrogens is 535 g/mol. The van der Waals surface area contributed by atoms with Crippen LogP contribution < -0.4 is 21.1 Å². The number of aromatic nitrogens is 3. The Morgan fingerprint density at radius 3 is 2.55 bits per heavy atom. The average molecular weight is 567 g/mol. The number of amides is 2. The number of carbonyl (C=O) groups is 2. The first-order valence-corrected chi connectivity index (χ1v) is 13.5. The molecule has 3 aromatic carbocycles. The van der Waals surface area contributed by atoms with Gasteiger partial charge in [0.05, 0.1) is 24.3 Å². The van der Waals surface area contributed by atoms with Crippen molar-refractivity contribution < 1.29 is 14.0 Å². The average Bonchev–Trinajstić information content (AvgIpc) is 3.33. The van der Waals surface area contributed by atoms with Gasteiger partial charge in [0.15, 0.2) is 0 Å². The van der Waals surface area contributed by atoms with Gasteiger partial charge in [0, 0.05) is 29.9 Å². The van der Waals surface area contributed by atoms with E-state index in [-0.39, 0.29) is 29.9 Å². The van der Waals surface area contributed by atoms with Crippen LogP contribution in [0.3, 0.4) is 0 Å². The third kappa shape index (κ3) is 5.57. The Balaban J connectivity index is 1.57. The van der Waals surface area contributed by atoms with Crippen LogP contribution in [0.2, 0.25) is 0 Å². The zero-order valence-corrected chi connectivity index (χ0v) is 23.8. The Bertz CT molecular complexity index is 1850. The van der Waals surface area contributed by atoms with Gasteiger partial charge in [0.25, 0.3) is 11.5 Å². The Labute approximate surface area is 242 Å². The molecule has 5 aromatic rings. The lowest BCUT2D eigenvalue weighted by molar-refractivity contribution is -0.117. The molecule has 0 bridgehead atoms. The Morgan fingerprint density at radius 1 is 1.05 bits per heavy atom. The van der Waals surface area contributed by atoms with Gasteiger partial charge in [-0.05, 0) is 74.5 Å². The van der Waals surface area contributed by atoms with Crippen molar-refractivity contribution in [2.24, 2.45) is 0 Å². The third-order valence-corrected chi connectivity index (χ3v) is 7.23. The molecule has 0 spiro atoms. The number of benzene rings is 3. The molecule has 0 aliphatic heterocycles. The molecule has 0 saturated carbocycles. The number of rotatable bonds is 8. The van der Waals surface area contributed by atoms with Crippen LogP contribution in [0.1, 0.15) is 28.4 Å². The van der Waals surface area contributed by atoms with Crippen LogP contribution in [0.15, 0.2) is 90.0 Å². The number of hydrogen-bond donors (Lipinski definition) is 2. The lowest BCUT2D eigenvalue weighted by Crippen LogP contribution is -2.39. The molecule has 0 fully saturated rings. The van der Waals surface area contributed by atoms with Crippen molar-refractivity contribution in [3.63, 3.8) is 0 Å². The Hall–Kier alpha value is -5.09. The Morgan fingerprint density at radius 2 is 1.81 bits per heavy atom. The Kier molecular flexibility index (Phi) is 7.99. The van der Waals surface area contributed by atoms with Gasteiger partial charge in [-0.15, -0.1) is 0 Å². The van der Waals surface area contributed by atoms with Crippen LogP contribution in [0, 0.1) is 12.7 Å². The summed E-state index contributed by atoms with van der Waals surface area (Å²) < 4.78 is 17.2. The fourth-order valence-corrected chi connectivity index (χ4v) is 4.78. The fourth-order valence-electron chi connectivity index (χ4n) is 4.78. The number of nitrogens with zero attached hydrogens (tertiary/aromatic N) is 4. The van der Waals surface area contributed by atoms with Crippen molar-refractivity contribution >= 4 is 34.4 Å². The number of carbonyl (C=O) groups excluding carboxylic acids is 2. The number of aryl methyl sites for hydroxylation is 1. The van der Waals surface area contributed by atoms with Crippen molar-refractivity contribution in [3.05, 3.63) is 118 Å². The standard InChI is InChI=1S/C32H31FN6O3/c1-20-18-38(28-14-13-24(33)16-26(20)28)25-12-8-9-22(15-25)19-39-31(42)27(36-29(40)21(2)34-3)17-35-32(39)37(4)30(41)23-10-6-5-7-11-23/h5-18,21,34H,19H2,1-4H3,(H,36,40)/t21-/m0/s1. The van der Waals surface area contributed by atoms with E-state index in [2.05, 4.69) is 15.6 Å². The van der Waals surface area contributed by atoms with E-state index in [0.717, 1.165) is 27.7 Å². The van der Waals surface area contributed by atoms with E-state index in [1.165, 1.54) is 27.8 Å². The molecule has 214 valence electrons. The van der Waals surface area contributed by atoms with Gasteiger partial charge in [0.1, 0.15) is 11.5 Å². The minimum absolute atomic E-state index is 0.00313. The van der Waals surface area contributed by atoms with Crippen LogP contribution in [0.25, 0.3) is 16.6 Å². The molecule has 1 atom stereocenters. The third-order valence-electron chi connectivity index (χ3n) is 7.23. The quantitative estimate of drug-likeness (QED) is 0.288. The van der Waals surface area contributed by atoms with E-state index >= 15 is 0 Å². The highest BCUT2D eigenvalue weighted by Gasteiger charge is 2.22. The summed E-state index contributed by atoms with van der Waals surface area (Å²) in [5, 5.41) is 6.30. The normalized spacial score (nSPS) is 11.8. The minimum atomic E-state index is -0.537. The predicted octanol–water partition coefficient (Wildman–Crippen LogP) is 4.51. The van der Waals surface area contributed by atoms with Crippen molar-refractivity contribution in [1.82, 2.24) is 19.4 Å². The van der Waals surface area contributed by atoms with Gasteiger partial charge in [-0.2, -0.15) is 0 Å². The second kappa shape index (κ2) is 11.8. The van der Waals surface area contributed by atoms with Gasteiger partial charge in [-0.25, -0.2) is 9.37 Å². The van der Waals surface area contributed by atoms with E-state index < -0.39 is 17.5 Å². The maximum Gasteiger partial charge on any atom is 0.279 e. The number of hydrogen-bond acceptors (Lipinski definition) is 5. The van der Waals surface area contributed by atoms with Crippen LogP contribution in [0.4, 0.5) is 16.0 Å². The van der Waals surface area contributed by atoms with Gasteiger partial charge in [0.2, 0.25) is 11.9 Å². The molecule has 0 aliphatic carbocycles. The van der Waals surface area contributed by atoms with E-state index in [9.17, 15) is 18.8 Å². The highest BCUT2D eigenvalue weighted by Crippen LogP contribution is 2.26. The summed E-state index contributed by atoms with van der Waals surface area (Å²) in [6.45, 7) is 3.67. The summed E-state index contributed by atoms with van der Waals surface area (Å²) in [6.07, 6.45) is 3.21. The molecule has 0 saturated heterocycles. The van der Waals surface area contributed by atoms with Gasteiger partial charge in [-0.3, -0.25) is 23.9 Å². The van der Waals surface area contributed by atoms with Gasteiger partial charge < -0.3 is 15.2 Å². The molecule has 0 aliphatic rings. The molecule has 2 amide bonds. The van der Waals surface area contributed by atoms with Crippen molar-refractivity contribution in [2.75, 3.05) is 24.3 Å². The summed E-state index contributed by atoms with van der Waals surface area (Å²) in [7, 11) is 3.20. The van der Waals surface area contributed by atoms with Crippen LogP contribution in [-0.4, -0.2) is 46.1 Å². The summed E-state index contributed by atoms with van der Waals surface area (Å²) in [4.78, 5) is 45.4. The molecule has 0 unspecified atom stereocenters. The molecule has 5 rings (SSSR count). The highest BCUT2D eigenvalue weighted by atomic mass is 19.1. The number of fused-ring (bicyclic) bond motifs is 1. The first-order valence-electron chi connectivity index (χ1n) is 13.5. The lowest BCUT2D eigenvalue weighted by Gasteiger charge is -2.22. The number of likely N-dealkylation sites (N-methyl/N-ethyl adjacent to an activating group) is 1. The van der Waals surface area contributed by atoms with Gasteiger partial charge in [-0.1, -0.05) is 30.3 Å². The molecule has 2 aromatic heterocycles. The zero-order valence-electron chi connectivity index (χ0n) is 23.8. The molecular formula is C32H31FN6O3. The summed E-state index contributed by atoms with van der Waals surface area (Å²) >= 11 is 0. The first-order chi connectivity index (χ1) is 20.2. The molecule has 42 heavy (non-hydrogen) atoms.